The molecule has 0 aromatic heterocycles. The highest BCUT2D eigenvalue weighted by Gasteiger charge is 2.31. The topological polar surface area (TPSA) is 29.3 Å². The fourth-order valence-corrected chi connectivity index (χ4v) is 3.86. The van der Waals surface area contributed by atoms with Gasteiger partial charge in [0.15, 0.2) is 0 Å². The fourth-order valence-electron chi connectivity index (χ4n) is 3.86. The minimum atomic E-state index is 0.729. The highest BCUT2D eigenvalue weighted by molar-refractivity contribution is 5.66. The van der Waals surface area contributed by atoms with Crippen LogP contribution in [0.4, 0.5) is 11.4 Å². The van der Waals surface area contributed by atoms with Gasteiger partial charge in [0.2, 0.25) is 0 Å². The number of nitrogen functional groups attached to an aromatic ring is 1. The Hall–Kier alpha value is -1.18. The molecule has 1 aromatic rings. The summed E-state index contributed by atoms with van der Waals surface area (Å²) in [6, 6.07) is 7.16. The molecule has 2 aliphatic rings. The van der Waals surface area contributed by atoms with Crippen LogP contribution in [0.3, 0.4) is 0 Å². The summed E-state index contributed by atoms with van der Waals surface area (Å²) in [6.45, 7) is 6.03. The predicted octanol–water partition coefficient (Wildman–Crippen LogP) is 3.85. The van der Waals surface area contributed by atoms with Gasteiger partial charge in [0.05, 0.1) is 0 Å². The van der Waals surface area contributed by atoms with Crippen LogP contribution in [0.2, 0.25) is 0 Å². The van der Waals surface area contributed by atoms with Gasteiger partial charge in [-0.2, -0.15) is 0 Å². The van der Waals surface area contributed by atoms with E-state index in [1.807, 2.05) is 6.07 Å². The van der Waals surface area contributed by atoms with E-state index in [2.05, 4.69) is 30.9 Å². The van der Waals surface area contributed by atoms with Crippen LogP contribution in [-0.2, 0) is 6.42 Å². The number of rotatable bonds is 1. The minimum Gasteiger partial charge on any atom is -0.398 e. The van der Waals surface area contributed by atoms with Crippen LogP contribution in [0, 0.1) is 11.8 Å². The van der Waals surface area contributed by atoms with Crippen molar-refractivity contribution in [2.45, 2.75) is 52.0 Å². The van der Waals surface area contributed by atoms with Crippen molar-refractivity contribution in [2.75, 3.05) is 17.2 Å². The van der Waals surface area contributed by atoms with E-state index in [1.165, 1.54) is 43.5 Å². The molecule has 1 heterocycles. The summed E-state index contributed by atoms with van der Waals surface area (Å²) >= 11 is 0. The van der Waals surface area contributed by atoms with Crippen molar-refractivity contribution in [1.82, 2.24) is 0 Å². The van der Waals surface area contributed by atoms with Gasteiger partial charge in [0, 0.05) is 24.0 Å². The van der Waals surface area contributed by atoms with Gasteiger partial charge in [-0.25, -0.2) is 0 Å². The summed E-state index contributed by atoms with van der Waals surface area (Å²) in [6.07, 6.45) is 6.47. The molecular weight excluding hydrogens is 232 g/mol. The molecule has 2 heteroatoms. The molecule has 0 bridgehead atoms. The van der Waals surface area contributed by atoms with Crippen LogP contribution in [0.25, 0.3) is 0 Å². The first kappa shape index (κ1) is 12.8. The van der Waals surface area contributed by atoms with E-state index in [4.69, 9.17) is 5.73 Å². The summed E-state index contributed by atoms with van der Waals surface area (Å²) in [5.74, 6) is 1.74. The van der Waals surface area contributed by atoms with E-state index in [9.17, 15) is 0 Å². The minimum absolute atomic E-state index is 0.729. The molecule has 0 amide bonds. The maximum atomic E-state index is 6.16. The molecule has 0 saturated heterocycles. The summed E-state index contributed by atoms with van der Waals surface area (Å²) < 4.78 is 0. The van der Waals surface area contributed by atoms with Crippen LogP contribution in [0.15, 0.2) is 18.2 Å². The molecule has 3 rings (SSSR count). The summed E-state index contributed by atoms with van der Waals surface area (Å²) in [4.78, 5) is 2.65. The molecule has 1 aromatic carbocycles. The average molecular weight is 258 g/mol. The zero-order chi connectivity index (χ0) is 13.4. The number of nitrogens with zero attached hydrogens (tertiary/aromatic N) is 1. The molecule has 104 valence electrons. The van der Waals surface area contributed by atoms with Gasteiger partial charge >= 0.3 is 0 Å². The van der Waals surface area contributed by atoms with Crippen molar-refractivity contribution in [3.63, 3.8) is 0 Å². The molecule has 3 unspecified atom stereocenters. The molecule has 3 atom stereocenters. The van der Waals surface area contributed by atoms with Crippen molar-refractivity contribution < 1.29 is 0 Å². The lowest BCUT2D eigenvalue weighted by molar-refractivity contribution is 0.242. The number of fused-ring (bicyclic) bond motifs is 1. The fraction of sp³-hybridized carbons (Fsp3) is 0.647. The molecule has 2 nitrogen and oxygen atoms in total. The lowest BCUT2D eigenvalue weighted by Gasteiger charge is -2.43. The third kappa shape index (κ3) is 2.33. The highest BCUT2D eigenvalue weighted by atomic mass is 15.2. The van der Waals surface area contributed by atoms with Gasteiger partial charge in [-0.05, 0) is 61.6 Å². The molecule has 19 heavy (non-hydrogen) atoms. The third-order valence-electron chi connectivity index (χ3n) is 5.33. The van der Waals surface area contributed by atoms with Crippen LogP contribution >= 0.6 is 0 Å². The van der Waals surface area contributed by atoms with Crippen LogP contribution in [-0.4, -0.2) is 12.6 Å². The van der Waals surface area contributed by atoms with E-state index in [1.54, 1.807) is 0 Å². The van der Waals surface area contributed by atoms with E-state index < -0.39 is 0 Å². The molecule has 1 saturated carbocycles. The summed E-state index contributed by atoms with van der Waals surface area (Å²) in [5, 5.41) is 0. The van der Waals surface area contributed by atoms with Crippen molar-refractivity contribution in [3.05, 3.63) is 23.8 Å². The third-order valence-corrected chi connectivity index (χ3v) is 5.33. The van der Waals surface area contributed by atoms with Gasteiger partial charge in [-0.15, -0.1) is 0 Å². The Morgan fingerprint density at radius 3 is 2.79 bits per heavy atom. The first-order chi connectivity index (χ1) is 9.16. The Kier molecular flexibility index (Phi) is 3.42. The molecular formula is C17H26N2. The second-order valence-electron chi connectivity index (χ2n) is 6.56. The molecule has 1 aliphatic heterocycles. The number of benzene rings is 1. The van der Waals surface area contributed by atoms with Crippen LogP contribution in [0.5, 0.6) is 0 Å². The SMILES string of the molecule is CC1CCC(N2CCCc3c(N)cccc32)CC1C. The normalized spacial score (nSPS) is 31.1. The second-order valence-corrected chi connectivity index (χ2v) is 6.56. The number of nitrogens with two attached hydrogens (primary N) is 1. The molecule has 0 spiro atoms. The van der Waals surface area contributed by atoms with E-state index in [0.717, 1.165) is 30.0 Å². The zero-order valence-corrected chi connectivity index (χ0v) is 12.2. The number of hydrogen-bond donors (Lipinski definition) is 1. The lowest BCUT2D eigenvalue weighted by atomic mass is 9.78. The molecule has 1 fully saturated rings. The Labute approximate surface area is 117 Å². The standard InChI is InChI=1S/C17H26N2/c1-12-8-9-14(11-13(12)2)19-10-4-5-15-16(18)6-3-7-17(15)19/h3,6-7,12-14H,4-5,8-11,18H2,1-2H3. The zero-order valence-electron chi connectivity index (χ0n) is 12.2. The monoisotopic (exact) mass is 258 g/mol. The Balaban J connectivity index is 1.86. The smallest absolute Gasteiger partial charge is 0.0421 e. The summed E-state index contributed by atoms with van der Waals surface area (Å²) in [5.41, 5.74) is 9.95. The molecule has 2 N–H and O–H groups in total. The average Bonchev–Trinajstić information content (AvgIpc) is 2.42. The van der Waals surface area contributed by atoms with Gasteiger partial charge < -0.3 is 10.6 Å². The quantitative estimate of drug-likeness (QED) is 0.775. The Morgan fingerprint density at radius 1 is 1.16 bits per heavy atom. The predicted molar refractivity (Wildman–Crippen MR) is 82.5 cm³/mol. The van der Waals surface area contributed by atoms with Crippen molar-refractivity contribution >= 4 is 11.4 Å². The first-order valence-electron chi connectivity index (χ1n) is 7.81. The van der Waals surface area contributed by atoms with Crippen LogP contribution < -0.4 is 10.6 Å². The largest absolute Gasteiger partial charge is 0.398 e. The van der Waals surface area contributed by atoms with E-state index in [-0.39, 0.29) is 0 Å². The van der Waals surface area contributed by atoms with Crippen molar-refractivity contribution in [3.8, 4) is 0 Å². The Bertz CT molecular complexity index is 455. The maximum Gasteiger partial charge on any atom is 0.0421 e. The first-order valence-corrected chi connectivity index (χ1v) is 7.81. The number of hydrogen-bond acceptors (Lipinski definition) is 2. The van der Waals surface area contributed by atoms with Crippen molar-refractivity contribution in [1.29, 1.82) is 0 Å². The van der Waals surface area contributed by atoms with Crippen LogP contribution in [0.1, 0.15) is 45.1 Å². The highest BCUT2D eigenvalue weighted by Crippen LogP contribution is 2.38. The van der Waals surface area contributed by atoms with Crippen molar-refractivity contribution in [2.24, 2.45) is 11.8 Å². The number of anilines is 2. The van der Waals surface area contributed by atoms with Gasteiger partial charge in [0.1, 0.15) is 0 Å². The maximum absolute atomic E-state index is 6.16. The Morgan fingerprint density at radius 2 is 2.00 bits per heavy atom. The molecule has 0 radical (unpaired) electrons. The second kappa shape index (κ2) is 5.07. The van der Waals surface area contributed by atoms with Gasteiger partial charge in [-0.3, -0.25) is 0 Å². The van der Waals surface area contributed by atoms with Gasteiger partial charge in [-0.1, -0.05) is 19.9 Å². The summed E-state index contributed by atoms with van der Waals surface area (Å²) in [7, 11) is 0. The molecule has 1 aliphatic carbocycles. The van der Waals surface area contributed by atoms with E-state index in [0.29, 0.717) is 0 Å². The van der Waals surface area contributed by atoms with Gasteiger partial charge in [0.25, 0.3) is 0 Å². The van der Waals surface area contributed by atoms with E-state index >= 15 is 0 Å². The lowest BCUT2D eigenvalue weighted by Crippen LogP contribution is -2.43.